The van der Waals surface area contributed by atoms with Crippen LogP contribution in [0.15, 0.2) is 534 Å². The zero-order chi connectivity index (χ0) is 90.8. The van der Waals surface area contributed by atoms with E-state index >= 15 is 0 Å². The minimum atomic E-state index is -0.706. The Hall–Kier alpha value is -17.6. The number of anilines is 6. The third-order valence-electron chi connectivity index (χ3n) is 31.3. The molecule has 0 radical (unpaired) electrons. The maximum Gasteiger partial charge on any atom is 0.0726 e. The van der Waals surface area contributed by atoms with Crippen molar-refractivity contribution in [1.29, 1.82) is 0 Å². The van der Waals surface area contributed by atoms with Crippen LogP contribution in [0.2, 0.25) is 0 Å². The van der Waals surface area contributed by atoms with Gasteiger partial charge < -0.3 is 9.80 Å². The van der Waals surface area contributed by atoms with E-state index in [4.69, 9.17) is 0 Å². The Kier molecular flexibility index (Phi) is 17.8. The molecule has 0 bridgehead atoms. The largest absolute Gasteiger partial charge is 0.310 e. The molecule has 2 atom stereocenters. The predicted molar refractivity (Wildman–Crippen MR) is 570 cm³/mol. The molecule has 0 N–H and O–H groups in total. The maximum atomic E-state index is 2.57. The lowest BCUT2D eigenvalue weighted by molar-refractivity contribution is 0.768. The highest BCUT2D eigenvalue weighted by Gasteiger charge is 2.56. The Morgan fingerprint density at radius 1 is 0.116 bits per heavy atom. The molecule has 2 spiro atoms. The van der Waals surface area contributed by atoms with E-state index in [1.807, 2.05) is 0 Å². The molecule has 22 aromatic carbocycles. The van der Waals surface area contributed by atoms with E-state index in [0.717, 1.165) is 67.5 Å². The smallest absolute Gasteiger partial charge is 0.0726 e. The molecule has 2 nitrogen and oxygen atoms in total. The van der Waals surface area contributed by atoms with Crippen LogP contribution in [0.25, 0.3) is 122 Å². The van der Waals surface area contributed by atoms with Gasteiger partial charge in [-0.2, -0.15) is 0 Å². The second-order valence-corrected chi connectivity index (χ2v) is 37.8. The van der Waals surface area contributed by atoms with Gasteiger partial charge in [-0.3, -0.25) is 0 Å². The molecular weight excluding hydrogens is 1660 g/mol. The molecule has 0 saturated heterocycles. The van der Waals surface area contributed by atoms with E-state index < -0.39 is 21.7 Å². The molecule has 28 rings (SSSR count). The van der Waals surface area contributed by atoms with Crippen molar-refractivity contribution in [3.63, 3.8) is 0 Å². The minimum absolute atomic E-state index is 0.542. The van der Waals surface area contributed by atoms with Crippen LogP contribution in [-0.2, 0) is 21.7 Å². The van der Waals surface area contributed by atoms with Crippen molar-refractivity contribution in [2.45, 2.75) is 21.7 Å². The fourth-order valence-electron chi connectivity index (χ4n) is 25.7. The molecule has 642 valence electrons. The van der Waals surface area contributed by atoms with Crippen LogP contribution in [0, 0.1) is 0 Å². The third-order valence-corrected chi connectivity index (χ3v) is 31.3. The highest BCUT2D eigenvalue weighted by molar-refractivity contribution is 6.06. The zero-order valence-corrected chi connectivity index (χ0v) is 75.7. The molecule has 0 aliphatic heterocycles. The van der Waals surface area contributed by atoms with Gasteiger partial charge in [0.05, 0.1) is 33.0 Å². The van der Waals surface area contributed by atoms with Gasteiger partial charge in [-0.1, -0.05) is 461 Å². The van der Waals surface area contributed by atoms with Crippen LogP contribution >= 0.6 is 0 Å². The molecule has 22 aromatic rings. The average molecular weight is 1750 g/mol. The van der Waals surface area contributed by atoms with Gasteiger partial charge in [0, 0.05) is 33.9 Å². The van der Waals surface area contributed by atoms with Crippen LogP contribution < -0.4 is 9.80 Å². The molecule has 138 heavy (non-hydrogen) atoms. The second kappa shape index (κ2) is 31.0. The van der Waals surface area contributed by atoms with Gasteiger partial charge in [0.25, 0.3) is 0 Å². The van der Waals surface area contributed by atoms with E-state index in [2.05, 4.69) is 544 Å². The topological polar surface area (TPSA) is 6.48 Å². The molecule has 2 heteroatoms. The first kappa shape index (κ1) is 79.0. The molecule has 2 unspecified atom stereocenters. The van der Waals surface area contributed by atoms with Crippen molar-refractivity contribution in [3.05, 3.63) is 623 Å². The summed E-state index contributed by atoms with van der Waals surface area (Å²) in [5.74, 6) is 0. The number of hydrogen-bond acceptors (Lipinski definition) is 2. The number of nitrogens with zero attached hydrogens (tertiary/aromatic N) is 2. The fraction of sp³-hybridized carbons (Fsp3) is 0.0294. The highest BCUT2D eigenvalue weighted by Crippen LogP contribution is 2.69. The van der Waals surface area contributed by atoms with E-state index in [-0.39, 0.29) is 0 Å². The van der Waals surface area contributed by atoms with Crippen LogP contribution in [0.5, 0.6) is 0 Å². The summed E-state index contributed by atoms with van der Waals surface area (Å²) in [5.41, 5.74) is 50.9. The quantitative estimate of drug-likeness (QED) is 0.101. The summed E-state index contributed by atoms with van der Waals surface area (Å²) >= 11 is 0. The van der Waals surface area contributed by atoms with Gasteiger partial charge in [-0.15, -0.1) is 0 Å². The Balaban J connectivity index is 0.586. The van der Waals surface area contributed by atoms with Gasteiger partial charge in [0.1, 0.15) is 0 Å². The van der Waals surface area contributed by atoms with Crippen molar-refractivity contribution >= 4 is 34.1 Å². The number of benzene rings is 22. The predicted octanol–water partition coefficient (Wildman–Crippen LogP) is 34.4. The lowest BCUT2D eigenvalue weighted by Gasteiger charge is -2.34. The van der Waals surface area contributed by atoms with Crippen LogP contribution in [0.4, 0.5) is 34.1 Å². The Labute approximate surface area is 805 Å². The molecular formula is C136H88N2. The van der Waals surface area contributed by atoms with E-state index in [1.54, 1.807) is 0 Å². The van der Waals surface area contributed by atoms with Crippen molar-refractivity contribution < 1.29 is 0 Å². The standard InChI is InChI=1S/C136H88N2/c1-6-35-89(36-7-1)91-69-71-92(72-70-91)96-41-31-49-103(84-96)137(105-78-81-124-115(87-105)110-54-18-23-58-117(110)133(124,99-43-10-3-11-44-99)100-45-12-4-13-46-100)130-68-34-66-128-132(130)113-57-22-29-64-123(113)136(128)121-62-27-20-53-109(121)114-86-98(75-80-126(114)136)93-73-76-102(77-74-93)134(101-47-14-5-15-48-101)118-59-24-19-55-111(118)116-88-106(79-82-125(116)134)138(104-50-32-42-97(85-104)95-40-30-39-94(83-95)90-37-8-2-9-38-90)129-67-33-65-127-131(129)112-56-21-28-63-122(112)135(127)119-60-25-16-51-107(119)108-52-17-26-61-120(108)135/h1-88H. The first-order chi connectivity index (χ1) is 68.4. The summed E-state index contributed by atoms with van der Waals surface area (Å²) in [6, 6.07) is 202. The number of fused-ring (bicyclic) bond motifs is 26. The maximum absolute atomic E-state index is 2.57. The molecule has 0 aromatic heterocycles. The third kappa shape index (κ3) is 11.3. The molecule has 6 aliphatic rings. The van der Waals surface area contributed by atoms with E-state index in [1.165, 1.54) is 178 Å². The van der Waals surface area contributed by atoms with Crippen molar-refractivity contribution in [2.24, 2.45) is 0 Å². The van der Waals surface area contributed by atoms with E-state index in [9.17, 15) is 0 Å². The Morgan fingerprint density at radius 3 is 0.754 bits per heavy atom. The monoisotopic (exact) mass is 1750 g/mol. The van der Waals surface area contributed by atoms with Gasteiger partial charge in [-0.25, -0.2) is 0 Å². The molecule has 0 amide bonds. The summed E-state index contributed by atoms with van der Waals surface area (Å²) in [6.07, 6.45) is 0. The molecule has 0 saturated carbocycles. The van der Waals surface area contributed by atoms with Crippen LogP contribution in [0.3, 0.4) is 0 Å². The SMILES string of the molecule is c1ccc(-c2ccc(-c3cccc(N(c4ccc5c(c4)-c4ccccc4C5(c4ccccc4)c4ccccc4)c4cccc5c4-c4ccccc4C54c5ccccc5-c5cc(-c6ccc(C7(c8ccccc8)c8ccccc8-c8cc(N(c9cccc(-c%10cccc(-c%11ccccc%11)c%10)c9)c9cccc%10c9-c9ccccc9C%109c%10ccccc%10-c%10ccccc%109)ccc87)cc6)ccc54)c3)cc2)cc1. The lowest BCUT2D eigenvalue weighted by atomic mass is 9.67. The van der Waals surface area contributed by atoms with Gasteiger partial charge >= 0.3 is 0 Å². The second-order valence-electron chi connectivity index (χ2n) is 37.8. The first-order valence-corrected chi connectivity index (χ1v) is 48.2. The highest BCUT2D eigenvalue weighted by atomic mass is 15.2. The normalized spacial score (nSPS) is 15.3. The van der Waals surface area contributed by atoms with Gasteiger partial charge in [0.15, 0.2) is 0 Å². The lowest BCUT2D eigenvalue weighted by Crippen LogP contribution is -2.28. The Bertz CT molecular complexity index is 8610. The first-order valence-electron chi connectivity index (χ1n) is 48.2. The van der Waals surface area contributed by atoms with Gasteiger partial charge in [0.2, 0.25) is 0 Å². The zero-order valence-electron chi connectivity index (χ0n) is 75.7. The van der Waals surface area contributed by atoms with Crippen LogP contribution in [0.1, 0.15) is 89.0 Å². The van der Waals surface area contributed by atoms with Crippen molar-refractivity contribution in [2.75, 3.05) is 9.80 Å². The molecule has 6 aliphatic carbocycles. The number of hydrogen-bond donors (Lipinski definition) is 0. The average Bonchev–Trinajstić information content (AvgIpc) is 1.51. The summed E-state index contributed by atoms with van der Waals surface area (Å²) in [6.45, 7) is 0. The summed E-state index contributed by atoms with van der Waals surface area (Å²) in [7, 11) is 0. The summed E-state index contributed by atoms with van der Waals surface area (Å²) in [5, 5.41) is 0. The summed E-state index contributed by atoms with van der Waals surface area (Å²) in [4.78, 5) is 5.14. The summed E-state index contributed by atoms with van der Waals surface area (Å²) < 4.78 is 0. The molecule has 0 fully saturated rings. The molecule has 0 heterocycles. The number of rotatable bonds is 15. The fourth-order valence-corrected chi connectivity index (χ4v) is 25.7. The van der Waals surface area contributed by atoms with Crippen LogP contribution in [-0.4, -0.2) is 0 Å². The van der Waals surface area contributed by atoms with Crippen molar-refractivity contribution in [1.82, 2.24) is 0 Å². The van der Waals surface area contributed by atoms with Gasteiger partial charge in [-0.05, 0) is 273 Å². The Morgan fingerprint density at radius 2 is 0.341 bits per heavy atom. The van der Waals surface area contributed by atoms with Crippen molar-refractivity contribution in [3.8, 4) is 122 Å². The minimum Gasteiger partial charge on any atom is -0.310 e. The van der Waals surface area contributed by atoms with E-state index in [0.29, 0.717) is 0 Å².